The molecule has 12 heteroatoms. The second-order valence-electron chi connectivity index (χ2n) is 3.08. The molecule has 0 rings (SSSR count). The summed E-state index contributed by atoms with van der Waals surface area (Å²) in [7, 11) is -4.56. The minimum absolute atomic E-state index is 0.420. The summed E-state index contributed by atoms with van der Waals surface area (Å²) in [6.07, 6.45) is -10.4. The second-order valence-corrected chi connectivity index (χ2v) is 5.45. The summed E-state index contributed by atoms with van der Waals surface area (Å²) in [6.45, 7) is -4.39. The molecule has 0 N–H and O–H groups in total. The van der Waals surface area contributed by atoms with Crippen LogP contribution in [0.1, 0.15) is 0 Å². The Labute approximate surface area is 109 Å². The zero-order valence-electron chi connectivity index (χ0n) is 9.12. The van der Waals surface area contributed by atoms with Gasteiger partial charge < -0.3 is 0 Å². The number of alkyl halides is 6. The third kappa shape index (κ3) is 11.1. The van der Waals surface area contributed by atoms with E-state index >= 15 is 0 Å². The van der Waals surface area contributed by atoms with Gasteiger partial charge in [-0.1, -0.05) is 0 Å². The van der Waals surface area contributed by atoms with Crippen LogP contribution >= 0.6 is 19.8 Å². The standard InChI is InChI=1S/C7H8F6NO3PS/c8-6(9,10)3-16-18(15,2-1-14-5-19)17-4-7(11,12)13/h1-4H2. The average Bonchev–Trinajstić information content (AvgIpc) is 2.23. The van der Waals surface area contributed by atoms with Gasteiger partial charge in [-0.3, -0.25) is 13.6 Å². The van der Waals surface area contributed by atoms with E-state index in [4.69, 9.17) is 0 Å². The number of thiocarbonyl (C=S) groups is 1. The van der Waals surface area contributed by atoms with Crippen molar-refractivity contribution in [3.8, 4) is 0 Å². The highest BCUT2D eigenvalue weighted by atomic mass is 32.1. The maximum absolute atomic E-state index is 11.9. The van der Waals surface area contributed by atoms with Crippen LogP contribution in [0.3, 0.4) is 0 Å². The van der Waals surface area contributed by atoms with Crippen LogP contribution in [-0.2, 0) is 13.6 Å². The molecule has 0 amide bonds. The summed E-state index contributed by atoms with van der Waals surface area (Å²) in [5.74, 6) is 0. The van der Waals surface area contributed by atoms with Crippen molar-refractivity contribution >= 4 is 25.0 Å². The fraction of sp³-hybridized carbons (Fsp3) is 0.857. The van der Waals surface area contributed by atoms with Gasteiger partial charge in [0.25, 0.3) is 0 Å². The molecule has 0 aliphatic heterocycles. The van der Waals surface area contributed by atoms with Crippen molar-refractivity contribution in [2.45, 2.75) is 12.4 Å². The Hall–Kier alpha value is -0.470. The fourth-order valence-electron chi connectivity index (χ4n) is 0.728. The van der Waals surface area contributed by atoms with Crippen molar-refractivity contribution in [1.82, 2.24) is 0 Å². The van der Waals surface area contributed by atoms with Gasteiger partial charge in [0, 0.05) is 0 Å². The van der Waals surface area contributed by atoms with Crippen LogP contribution in [0.25, 0.3) is 0 Å². The number of nitrogens with zero attached hydrogens (tertiary/aromatic N) is 1. The van der Waals surface area contributed by atoms with Crippen LogP contribution < -0.4 is 0 Å². The van der Waals surface area contributed by atoms with Crippen LogP contribution in [0, 0.1) is 0 Å². The highest BCUT2D eigenvalue weighted by molar-refractivity contribution is 7.78. The molecule has 4 nitrogen and oxygen atoms in total. The lowest BCUT2D eigenvalue weighted by Crippen LogP contribution is -2.21. The lowest BCUT2D eigenvalue weighted by atomic mass is 10.7. The molecule has 0 saturated heterocycles. The largest absolute Gasteiger partial charge is 0.412 e. The molecule has 0 saturated carbocycles. The summed E-state index contributed by atoms with van der Waals surface area (Å²) in [5.41, 5.74) is 0. The summed E-state index contributed by atoms with van der Waals surface area (Å²) in [6, 6.07) is 0. The lowest BCUT2D eigenvalue weighted by molar-refractivity contribution is -0.165. The molecule has 0 aromatic rings. The maximum atomic E-state index is 11.9. The van der Waals surface area contributed by atoms with E-state index in [1.165, 1.54) is 0 Å². The van der Waals surface area contributed by atoms with Crippen LogP contribution in [0.4, 0.5) is 26.3 Å². The SMILES string of the molecule is O=P(CCN=C=S)(OCC(F)(F)F)OCC(F)(F)F. The Bertz CT molecular complexity index is 356. The first-order valence-electron chi connectivity index (χ1n) is 4.53. The van der Waals surface area contributed by atoms with Crippen LogP contribution in [0.5, 0.6) is 0 Å². The maximum Gasteiger partial charge on any atom is 0.412 e. The Morgan fingerprint density at radius 1 is 1.05 bits per heavy atom. The third-order valence-corrected chi connectivity index (χ3v) is 3.32. The molecule has 0 atom stereocenters. The van der Waals surface area contributed by atoms with Gasteiger partial charge in [0.15, 0.2) is 13.2 Å². The van der Waals surface area contributed by atoms with Crippen molar-refractivity contribution in [3.63, 3.8) is 0 Å². The molecular weight excluding hydrogens is 323 g/mol. The number of rotatable bonds is 7. The van der Waals surface area contributed by atoms with Gasteiger partial charge in [-0.25, -0.2) is 4.99 Å². The summed E-state index contributed by atoms with van der Waals surface area (Å²) >= 11 is 4.14. The minimum atomic E-state index is -4.84. The van der Waals surface area contributed by atoms with E-state index in [0.29, 0.717) is 0 Å². The van der Waals surface area contributed by atoms with E-state index in [1.54, 1.807) is 0 Å². The normalized spacial score (nSPS) is 13.2. The van der Waals surface area contributed by atoms with Gasteiger partial charge in [0.2, 0.25) is 0 Å². The van der Waals surface area contributed by atoms with Gasteiger partial charge in [0.05, 0.1) is 17.9 Å². The number of hydrogen-bond donors (Lipinski definition) is 0. The third-order valence-electron chi connectivity index (χ3n) is 1.40. The first kappa shape index (κ1) is 18.5. The van der Waals surface area contributed by atoms with E-state index in [9.17, 15) is 30.9 Å². The quantitative estimate of drug-likeness (QED) is 0.310. The summed E-state index contributed by atoms with van der Waals surface area (Å²) < 4.78 is 90.7. The van der Waals surface area contributed by atoms with Crippen molar-refractivity contribution in [3.05, 3.63) is 0 Å². The molecule has 0 fully saturated rings. The van der Waals surface area contributed by atoms with E-state index in [0.717, 1.165) is 0 Å². The van der Waals surface area contributed by atoms with Crippen molar-refractivity contribution < 1.29 is 40.0 Å². The second kappa shape index (κ2) is 7.35. The predicted molar refractivity (Wildman–Crippen MR) is 56.4 cm³/mol. The molecule has 0 aliphatic rings. The van der Waals surface area contributed by atoms with Gasteiger partial charge in [-0.05, 0) is 12.2 Å². The molecule has 0 aliphatic carbocycles. The monoisotopic (exact) mass is 331 g/mol. The number of hydrogen-bond acceptors (Lipinski definition) is 5. The fourth-order valence-corrected chi connectivity index (χ4v) is 2.18. The number of isothiocyanates is 1. The van der Waals surface area contributed by atoms with Crippen molar-refractivity contribution in [1.29, 1.82) is 0 Å². The highest BCUT2D eigenvalue weighted by Crippen LogP contribution is 2.49. The summed E-state index contributed by atoms with van der Waals surface area (Å²) in [4.78, 5) is 3.22. The Kier molecular flexibility index (Phi) is 7.17. The molecule has 0 unspecified atom stereocenters. The average molecular weight is 331 g/mol. The molecule has 112 valence electrons. The number of halogens is 6. The van der Waals surface area contributed by atoms with Crippen molar-refractivity contribution in [2.75, 3.05) is 25.9 Å². The number of aliphatic imine (C=N–C) groups is 1. The zero-order chi connectivity index (χ0) is 15.2. The molecular formula is C7H8F6NO3PS. The Morgan fingerprint density at radius 2 is 1.47 bits per heavy atom. The van der Waals surface area contributed by atoms with Gasteiger partial charge in [0.1, 0.15) is 0 Å². The van der Waals surface area contributed by atoms with E-state index < -0.39 is 45.9 Å². The minimum Gasteiger partial charge on any atom is -0.299 e. The smallest absolute Gasteiger partial charge is 0.299 e. The van der Waals surface area contributed by atoms with E-state index in [-0.39, 0.29) is 0 Å². The first-order valence-corrected chi connectivity index (χ1v) is 6.66. The van der Waals surface area contributed by atoms with Crippen LogP contribution in [0.2, 0.25) is 0 Å². The van der Waals surface area contributed by atoms with Gasteiger partial charge in [-0.2, -0.15) is 26.3 Å². The molecule has 0 radical (unpaired) electrons. The first-order chi connectivity index (χ1) is 8.47. The lowest BCUT2D eigenvalue weighted by Gasteiger charge is -2.19. The Morgan fingerprint density at radius 3 is 1.79 bits per heavy atom. The molecule has 0 aromatic carbocycles. The highest BCUT2D eigenvalue weighted by Gasteiger charge is 2.38. The van der Waals surface area contributed by atoms with Crippen molar-refractivity contribution in [2.24, 2.45) is 4.99 Å². The molecule has 19 heavy (non-hydrogen) atoms. The van der Waals surface area contributed by atoms with E-state index in [1.807, 2.05) is 5.16 Å². The van der Waals surface area contributed by atoms with Gasteiger partial charge >= 0.3 is 19.9 Å². The molecule has 0 bridgehead atoms. The van der Waals surface area contributed by atoms with E-state index in [2.05, 4.69) is 26.3 Å². The van der Waals surface area contributed by atoms with Crippen LogP contribution in [0.15, 0.2) is 4.99 Å². The molecule has 0 aromatic heterocycles. The van der Waals surface area contributed by atoms with Gasteiger partial charge in [-0.15, -0.1) is 0 Å². The summed E-state index contributed by atoms with van der Waals surface area (Å²) in [5, 5.41) is 1.82. The van der Waals surface area contributed by atoms with Crippen LogP contribution in [-0.4, -0.2) is 43.4 Å². The Balaban J connectivity index is 4.61. The topological polar surface area (TPSA) is 47.9 Å². The predicted octanol–water partition coefficient (Wildman–Crippen LogP) is 3.44. The molecule has 0 heterocycles. The zero-order valence-corrected chi connectivity index (χ0v) is 10.8. The molecule has 0 spiro atoms.